The minimum atomic E-state index is -3.44. The predicted molar refractivity (Wildman–Crippen MR) is 110 cm³/mol. The number of rotatable bonds is 7. The summed E-state index contributed by atoms with van der Waals surface area (Å²) >= 11 is 0. The highest BCUT2D eigenvalue weighted by atomic mass is 127. The molecular formula is C16H29IN4O2S. The zero-order valence-electron chi connectivity index (χ0n) is 15.0. The average Bonchev–Trinajstić information content (AvgIpc) is 2.50. The van der Waals surface area contributed by atoms with Crippen LogP contribution in [0.15, 0.2) is 34.2 Å². The maximum Gasteiger partial charge on any atom is 0.243 e. The molecule has 0 bridgehead atoms. The van der Waals surface area contributed by atoms with Crippen LogP contribution in [-0.4, -0.2) is 38.3 Å². The molecule has 24 heavy (non-hydrogen) atoms. The molecule has 138 valence electrons. The molecule has 0 amide bonds. The zero-order chi connectivity index (χ0) is 17.6. The molecule has 8 heteroatoms. The summed E-state index contributed by atoms with van der Waals surface area (Å²) in [6.45, 7) is 9.05. The third-order valence-electron chi connectivity index (χ3n) is 3.45. The summed E-state index contributed by atoms with van der Waals surface area (Å²) in [5, 5.41) is 3.04. The Morgan fingerprint density at radius 2 is 1.75 bits per heavy atom. The Morgan fingerprint density at radius 1 is 1.21 bits per heavy atom. The van der Waals surface area contributed by atoms with Crippen molar-refractivity contribution in [2.75, 3.05) is 13.6 Å². The Balaban J connectivity index is 0.00000529. The first-order valence-corrected chi connectivity index (χ1v) is 9.19. The first-order valence-electron chi connectivity index (χ1n) is 7.75. The maximum absolute atomic E-state index is 12.4. The summed E-state index contributed by atoms with van der Waals surface area (Å²) < 4.78 is 26.1. The number of benzene rings is 1. The van der Waals surface area contributed by atoms with E-state index in [4.69, 9.17) is 5.73 Å². The van der Waals surface area contributed by atoms with E-state index in [1.54, 1.807) is 31.3 Å². The number of aliphatic imine (C=N–C) groups is 1. The lowest BCUT2D eigenvalue weighted by atomic mass is 10.2. The Bertz CT molecular complexity index is 628. The smallest absolute Gasteiger partial charge is 0.243 e. The largest absolute Gasteiger partial charge is 0.370 e. The van der Waals surface area contributed by atoms with E-state index in [9.17, 15) is 8.42 Å². The topological polar surface area (TPSA) is 87.8 Å². The molecule has 0 aliphatic rings. The molecule has 0 unspecified atom stereocenters. The van der Waals surface area contributed by atoms with Crippen molar-refractivity contribution < 1.29 is 8.42 Å². The van der Waals surface area contributed by atoms with Crippen LogP contribution in [-0.2, 0) is 16.6 Å². The van der Waals surface area contributed by atoms with E-state index in [1.165, 1.54) is 4.31 Å². The molecule has 6 nitrogen and oxygen atoms in total. The SMILES string of the molecule is CC(C)CNC(N)=NCc1ccc(S(=O)(=O)N(C)C(C)C)cc1.I. The van der Waals surface area contributed by atoms with E-state index in [2.05, 4.69) is 24.2 Å². The molecule has 3 N–H and O–H groups in total. The van der Waals surface area contributed by atoms with Crippen LogP contribution in [0, 0.1) is 5.92 Å². The number of nitrogens with zero attached hydrogens (tertiary/aromatic N) is 2. The number of sulfonamides is 1. The first-order chi connectivity index (χ1) is 10.6. The second-order valence-electron chi connectivity index (χ2n) is 6.24. The molecule has 0 saturated heterocycles. The van der Waals surface area contributed by atoms with E-state index >= 15 is 0 Å². The van der Waals surface area contributed by atoms with E-state index in [0.717, 1.165) is 12.1 Å². The van der Waals surface area contributed by atoms with E-state index in [0.29, 0.717) is 18.4 Å². The quantitative estimate of drug-likeness (QED) is 0.366. The van der Waals surface area contributed by atoms with Gasteiger partial charge >= 0.3 is 0 Å². The zero-order valence-corrected chi connectivity index (χ0v) is 18.1. The minimum absolute atomic E-state index is 0. The lowest BCUT2D eigenvalue weighted by molar-refractivity contribution is 0.410. The lowest BCUT2D eigenvalue weighted by Crippen LogP contribution is -2.34. The van der Waals surface area contributed by atoms with Crippen molar-refractivity contribution in [2.24, 2.45) is 16.6 Å². The first kappa shape index (κ1) is 23.1. The van der Waals surface area contributed by atoms with E-state index in [1.807, 2.05) is 13.8 Å². The predicted octanol–water partition coefficient (Wildman–Crippen LogP) is 2.39. The van der Waals surface area contributed by atoms with Gasteiger partial charge in [-0.15, -0.1) is 24.0 Å². The molecule has 0 heterocycles. The molecule has 1 aromatic carbocycles. The number of nitrogens with one attached hydrogen (secondary N) is 1. The summed E-state index contributed by atoms with van der Waals surface area (Å²) in [5.74, 6) is 0.890. The molecule has 0 aliphatic carbocycles. The van der Waals surface area contributed by atoms with Crippen molar-refractivity contribution in [3.63, 3.8) is 0 Å². The number of halogens is 1. The van der Waals surface area contributed by atoms with Crippen LogP contribution >= 0.6 is 24.0 Å². The van der Waals surface area contributed by atoms with Gasteiger partial charge in [0, 0.05) is 19.6 Å². The van der Waals surface area contributed by atoms with Gasteiger partial charge in [0.15, 0.2) is 5.96 Å². The van der Waals surface area contributed by atoms with Crippen LogP contribution in [0.5, 0.6) is 0 Å². The highest BCUT2D eigenvalue weighted by Crippen LogP contribution is 2.17. The number of nitrogens with two attached hydrogens (primary N) is 1. The van der Waals surface area contributed by atoms with Crippen molar-refractivity contribution in [3.05, 3.63) is 29.8 Å². The Labute approximate surface area is 163 Å². The number of guanidine groups is 1. The molecule has 0 saturated carbocycles. The minimum Gasteiger partial charge on any atom is -0.370 e. The monoisotopic (exact) mass is 468 g/mol. The molecule has 0 fully saturated rings. The fraction of sp³-hybridized carbons (Fsp3) is 0.562. The highest BCUT2D eigenvalue weighted by Gasteiger charge is 2.22. The van der Waals surface area contributed by atoms with Gasteiger partial charge in [0.05, 0.1) is 11.4 Å². The Kier molecular flexibility index (Phi) is 9.83. The van der Waals surface area contributed by atoms with Gasteiger partial charge in [-0.2, -0.15) is 4.31 Å². The molecule has 1 rings (SSSR count). The van der Waals surface area contributed by atoms with Gasteiger partial charge < -0.3 is 11.1 Å². The van der Waals surface area contributed by atoms with Gasteiger partial charge in [-0.25, -0.2) is 13.4 Å². The third kappa shape index (κ3) is 6.94. The van der Waals surface area contributed by atoms with Crippen molar-refractivity contribution in [1.29, 1.82) is 0 Å². The fourth-order valence-electron chi connectivity index (χ4n) is 1.75. The molecule has 0 atom stereocenters. The van der Waals surface area contributed by atoms with Crippen LogP contribution in [0.25, 0.3) is 0 Å². The van der Waals surface area contributed by atoms with Gasteiger partial charge in [0.25, 0.3) is 0 Å². The highest BCUT2D eigenvalue weighted by molar-refractivity contribution is 14.0. The molecule has 0 aliphatic heterocycles. The van der Waals surface area contributed by atoms with E-state index < -0.39 is 10.0 Å². The summed E-state index contributed by atoms with van der Waals surface area (Å²) in [7, 11) is -1.86. The summed E-state index contributed by atoms with van der Waals surface area (Å²) in [6, 6.07) is 6.66. The average molecular weight is 468 g/mol. The standard InChI is InChI=1S/C16H28N4O2S.HI/c1-12(2)10-18-16(17)19-11-14-6-8-15(9-7-14)23(21,22)20(5)13(3)4;/h6-9,12-13H,10-11H2,1-5H3,(H3,17,18,19);1H. The molecule has 0 aromatic heterocycles. The second kappa shape index (κ2) is 10.2. The van der Waals surface area contributed by atoms with Crippen molar-refractivity contribution in [2.45, 2.75) is 45.2 Å². The van der Waals surface area contributed by atoms with Crippen LogP contribution in [0.1, 0.15) is 33.3 Å². The maximum atomic E-state index is 12.4. The van der Waals surface area contributed by atoms with Gasteiger partial charge in [0.1, 0.15) is 0 Å². The fourth-order valence-corrected chi connectivity index (χ4v) is 3.12. The van der Waals surface area contributed by atoms with Crippen molar-refractivity contribution in [1.82, 2.24) is 9.62 Å². The summed E-state index contributed by atoms with van der Waals surface area (Å²) in [6.07, 6.45) is 0. The van der Waals surface area contributed by atoms with E-state index in [-0.39, 0.29) is 34.9 Å². The normalized spacial score (nSPS) is 12.6. The molecule has 0 radical (unpaired) electrons. The molecule has 1 aromatic rings. The summed E-state index contributed by atoms with van der Waals surface area (Å²) in [5.41, 5.74) is 6.69. The van der Waals surface area contributed by atoms with Crippen LogP contribution in [0.4, 0.5) is 0 Å². The Hall–Kier alpha value is -0.870. The number of hydrogen-bond donors (Lipinski definition) is 2. The van der Waals surface area contributed by atoms with Crippen LogP contribution < -0.4 is 11.1 Å². The number of hydrogen-bond acceptors (Lipinski definition) is 3. The third-order valence-corrected chi connectivity index (χ3v) is 5.50. The van der Waals surface area contributed by atoms with Crippen LogP contribution in [0.3, 0.4) is 0 Å². The lowest BCUT2D eigenvalue weighted by Gasteiger charge is -2.21. The van der Waals surface area contributed by atoms with Gasteiger partial charge in [-0.05, 0) is 37.5 Å². The summed E-state index contributed by atoms with van der Waals surface area (Å²) in [4.78, 5) is 4.53. The van der Waals surface area contributed by atoms with Crippen LogP contribution in [0.2, 0.25) is 0 Å². The van der Waals surface area contributed by atoms with Crippen molar-refractivity contribution in [3.8, 4) is 0 Å². The Morgan fingerprint density at radius 3 is 2.21 bits per heavy atom. The van der Waals surface area contributed by atoms with Crippen molar-refractivity contribution >= 4 is 40.0 Å². The van der Waals surface area contributed by atoms with Gasteiger partial charge in [-0.3, -0.25) is 0 Å². The molecule has 0 spiro atoms. The molecular weight excluding hydrogens is 439 g/mol. The van der Waals surface area contributed by atoms with Gasteiger partial charge in [0.2, 0.25) is 10.0 Å². The second-order valence-corrected chi connectivity index (χ2v) is 8.23. The van der Waals surface area contributed by atoms with Gasteiger partial charge in [-0.1, -0.05) is 26.0 Å².